The van der Waals surface area contributed by atoms with Crippen LogP contribution in [0.25, 0.3) is 0 Å². The molecule has 1 amide bonds. The minimum absolute atomic E-state index is 0.432. The average Bonchev–Trinajstić information content (AvgIpc) is 2.26. The molecule has 112 valence electrons. The maximum absolute atomic E-state index is 12.6. The van der Waals surface area contributed by atoms with Crippen molar-refractivity contribution >= 4 is 11.6 Å². The molecule has 1 rings (SSSR count). The van der Waals surface area contributed by atoms with Crippen LogP contribution in [0, 0.1) is 0 Å². The van der Waals surface area contributed by atoms with E-state index in [4.69, 9.17) is 0 Å². The zero-order valence-electron chi connectivity index (χ0n) is 9.24. The molecule has 0 fully saturated rings. The highest BCUT2D eigenvalue weighted by atomic mass is 19.4. The third-order valence-electron chi connectivity index (χ3n) is 2.12. The van der Waals surface area contributed by atoms with Crippen LogP contribution in [0.2, 0.25) is 0 Å². The molecule has 1 N–H and O–H groups in total. The number of anilines is 1. The fraction of sp³-hybridized carbons (Fsp3) is 0.300. The van der Waals surface area contributed by atoms with E-state index in [0.717, 1.165) is 17.4 Å². The third-order valence-corrected chi connectivity index (χ3v) is 2.12. The van der Waals surface area contributed by atoms with Gasteiger partial charge in [-0.3, -0.25) is 4.79 Å². The Morgan fingerprint density at radius 3 is 1.85 bits per heavy atom. The molecular weight excluding hydrogens is 302 g/mol. The van der Waals surface area contributed by atoms with Gasteiger partial charge >= 0.3 is 24.2 Å². The van der Waals surface area contributed by atoms with E-state index < -0.39 is 35.4 Å². The number of benzene rings is 1. The van der Waals surface area contributed by atoms with E-state index in [0.29, 0.717) is 12.1 Å². The highest BCUT2D eigenvalue weighted by Gasteiger charge is 2.63. The van der Waals surface area contributed by atoms with Crippen LogP contribution >= 0.6 is 0 Å². The van der Waals surface area contributed by atoms with Gasteiger partial charge in [-0.1, -0.05) is 12.1 Å². The molecule has 0 aliphatic rings. The monoisotopic (exact) mass is 307 g/mol. The Kier molecular flexibility index (Phi) is 3.97. The quantitative estimate of drug-likeness (QED) is 0.826. The number of rotatable bonds is 2. The van der Waals surface area contributed by atoms with E-state index in [9.17, 15) is 39.9 Å². The molecule has 1 aromatic carbocycles. The summed E-state index contributed by atoms with van der Waals surface area (Å²) in [4.78, 5) is 10.8. The van der Waals surface area contributed by atoms with Crippen molar-refractivity contribution in [2.24, 2.45) is 0 Å². The van der Waals surface area contributed by atoms with Gasteiger partial charge in [0.2, 0.25) is 0 Å². The molecule has 1 aromatic rings. The van der Waals surface area contributed by atoms with Gasteiger partial charge in [0.25, 0.3) is 0 Å². The van der Waals surface area contributed by atoms with Gasteiger partial charge < -0.3 is 5.32 Å². The maximum atomic E-state index is 12.6. The Bertz CT molecular complexity index is 505. The summed E-state index contributed by atoms with van der Waals surface area (Å²) in [7, 11) is 0. The first kappa shape index (κ1) is 16.2. The van der Waals surface area contributed by atoms with Crippen LogP contribution in [0.1, 0.15) is 5.56 Å². The molecule has 0 saturated heterocycles. The van der Waals surface area contributed by atoms with Crippen molar-refractivity contribution in [1.29, 1.82) is 0 Å². The van der Waals surface area contributed by atoms with Crippen LogP contribution in [0.15, 0.2) is 24.3 Å². The van der Waals surface area contributed by atoms with Crippen LogP contribution in [-0.4, -0.2) is 18.0 Å². The molecule has 0 saturated carbocycles. The predicted octanol–water partition coefficient (Wildman–Crippen LogP) is 3.84. The van der Waals surface area contributed by atoms with Crippen molar-refractivity contribution in [3.63, 3.8) is 0 Å². The summed E-state index contributed by atoms with van der Waals surface area (Å²) in [6, 6.07) is 2.82. The molecule has 20 heavy (non-hydrogen) atoms. The lowest BCUT2D eigenvalue weighted by Crippen LogP contribution is -2.47. The fourth-order valence-electron chi connectivity index (χ4n) is 1.17. The summed E-state index contributed by atoms with van der Waals surface area (Å²) in [5.74, 6) is -8.69. The number of nitrogens with one attached hydrogen (secondary N) is 1. The lowest BCUT2D eigenvalue weighted by molar-refractivity contribution is -0.267. The maximum Gasteiger partial charge on any atom is 0.463 e. The van der Waals surface area contributed by atoms with Crippen molar-refractivity contribution in [3.05, 3.63) is 29.8 Å². The third kappa shape index (κ3) is 3.17. The van der Waals surface area contributed by atoms with Crippen LogP contribution in [0.5, 0.6) is 0 Å². The van der Waals surface area contributed by atoms with Crippen molar-refractivity contribution < 1.29 is 39.9 Å². The van der Waals surface area contributed by atoms with E-state index in [1.165, 1.54) is 0 Å². The summed E-state index contributed by atoms with van der Waals surface area (Å²) in [5, 5.41) is 0.935. The van der Waals surface area contributed by atoms with Gasteiger partial charge in [0.1, 0.15) is 0 Å². The van der Waals surface area contributed by atoms with Gasteiger partial charge in [-0.15, -0.1) is 0 Å². The number of halogens is 8. The van der Waals surface area contributed by atoms with Gasteiger partial charge in [-0.25, -0.2) is 0 Å². The zero-order chi connectivity index (χ0) is 15.8. The van der Waals surface area contributed by atoms with Gasteiger partial charge in [0.05, 0.1) is 11.3 Å². The summed E-state index contributed by atoms with van der Waals surface area (Å²) in [6.45, 7) is 0. The molecule has 0 heterocycles. The Labute approximate surface area is 106 Å². The molecule has 0 radical (unpaired) electrons. The Morgan fingerprint density at radius 1 is 0.900 bits per heavy atom. The second-order valence-corrected chi connectivity index (χ2v) is 3.57. The number of hydrogen-bond acceptors (Lipinski definition) is 1. The van der Waals surface area contributed by atoms with Gasteiger partial charge in [0, 0.05) is 0 Å². The molecule has 2 nitrogen and oxygen atoms in total. The van der Waals surface area contributed by atoms with E-state index in [-0.39, 0.29) is 0 Å². The zero-order valence-corrected chi connectivity index (χ0v) is 9.24. The molecule has 10 heteroatoms. The first-order valence-corrected chi connectivity index (χ1v) is 4.79. The van der Waals surface area contributed by atoms with E-state index >= 15 is 0 Å². The SMILES string of the molecule is O=C(Nc1ccccc1C(F)(F)F)C(F)(F)C(F)(F)F. The summed E-state index contributed by atoms with van der Waals surface area (Å²) in [5.41, 5.74) is -2.72. The Morgan fingerprint density at radius 2 is 1.40 bits per heavy atom. The number of alkyl halides is 8. The van der Waals surface area contributed by atoms with Crippen LogP contribution in [0.3, 0.4) is 0 Å². The van der Waals surface area contributed by atoms with E-state index in [1.807, 2.05) is 0 Å². The fourth-order valence-corrected chi connectivity index (χ4v) is 1.17. The molecule has 0 aromatic heterocycles. The van der Waals surface area contributed by atoms with Gasteiger partial charge in [0.15, 0.2) is 0 Å². The number of carbonyl (C=O) groups excluding carboxylic acids is 1. The number of hydrogen-bond donors (Lipinski definition) is 1. The molecule has 0 bridgehead atoms. The first-order valence-electron chi connectivity index (χ1n) is 4.79. The minimum Gasteiger partial charge on any atom is -0.320 e. The van der Waals surface area contributed by atoms with Crippen LogP contribution < -0.4 is 5.32 Å². The molecule has 0 unspecified atom stereocenters. The molecular formula is C10H5F8NO. The lowest BCUT2D eigenvalue weighted by Gasteiger charge is -2.20. The standard InChI is InChI=1S/C10H5F8NO/c11-8(12,10(16,17)18)7(20)19-6-4-2-1-3-5(6)9(13,14)15/h1-4H,(H,19,20). The van der Waals surface area contributed by atoms with Crippen molar-refractivity contribution in [2.75, 3.05) is 5.32 Å². The van der Waals surface area contributed by atoms with Crippen molar-refractivity contribution in [1.82, 2.24) is 0 Å². The topological polar surface area (TPSA) is 29.1 Å². The van der Waals surface area contributed by atoms with Gasteiger partial charge in [-0.05, 0) is 12.1 Å². The van der Waals surface area contributed by atoms with Crippen molar-refractivity contribution in [2.45, 2.75) is 18.3 Å². The normalized spacial score (nSPS) is 13.2. The summed E-state index contributed by atoms with van der Waals surface area (Å²) < 4.78 is 98.3. The number of amides is 1. The molecule has 0 aliphatic heterocycles. The largest absolute Gasteiger partial charge is 0.463 e. The predicted molar refractivity (Wildman–Crippen MR) is 51.1 cm³/mol. The van der Waals surface area contributed by atoms with Crippen LogP contribution in [-0.2, 0) is 11.0 Å². The number of carbonyl (C=O) groups is 1. The molecule has 0 aliphatic carbocycles. The van der Waals surface area contributed by atoms with E-state index in [1.54, 1.807) is 0 Å². The van der Waals surface area contributed by atoms with E-state index in [2.05, 4.69) is 0 Å². The molecule has 0 spiro atoms. The van der Waals surface area contributed by atoms with Crippen molar-refractivity contribution in [3.8, 4) is 0 Å². The second-order valence-electron chi connectivity index (χ2n) is 3.57. The Hall–Kier alpha value is -1.87. The highest BCUT2D eigenvalue weighted by molar-refractivity contribution is 5.97. The summed E-state index contributed by atoms with van der Waals surface area (Å²) >= 11 is 0. The second kappa shape index (κ2) is 4.91. The summed E-state index contributed by atoms with van der Waals surface area (Å²) in [6.07, 6.45) is -11.2. The van der Waals surface area contributed by atoms with Gasteiger partial charge in [-0.2, -0.15) is 35.1 Å². The average molecular weight is 307 g/mol. The highest BCUT2D eigenvalue weighted by Crippen LogP contribution is 2.38. The minimum atomic E-state index is -6.20. The number of para-hydroxylation sites is 1. The van der Waals surface area contributed by atoms with Crippen LogP contribution in [0.4, 0.5) is 40.8 Å². The smallest absolute Gasteiger partial charge is 0.320 e. The lowest BCUT2D eigenvalue weighted by atomic mass is 10.1. The first-order chi connectivity index (χ1) is 8.87. The molecule has 0 atom stereocenters. The Balaban J connectivity index is 3.10.